The Morgan fingerprint density at radius 2 is 1.77 bits per heavy atom. The summed E-state index contributed by atoms with van der Waals surface area (Å²) in [5, 5.41) is 0. The van der Waals surface area contributed by atoms with E-state index in [2.05, 4.69) is 20.9 Å². The molecule has 0 radical (unpaired) electrons. The van der Waals surface area contributed by atoms with Gasteiger partial charge in [0.1, 0.15) is 11.6 Å². The molecular formula is C20H19FN4O. The van der Waals surface area contributed by atoms with Crippen molar-refractivity contribution in [3.8, 4) is 22.4 Å². The lowest BCUT2D eigenvalue weighted by Gasteiger charge is -2.30. The summed E-state index contributed by atoms with van der Waals surface area (Å²) in [6, 6.07) is 13.3. The first-order chi connectivity index (χ1) is 12.7. The van der Waals surface area contributed by atoms with Crippen LogP contribution in [-0.4, -0.2) is 36.3 Å². The maximum Gasteiger partial charge on any atom is 0.141 e. The molecule has 1 aliphatic rings. The number of hydrogen-bond acceptors (Lipinski definition) is 5. The quantitative estimate of drug-likeness (QED) is 0.785. The Labute approximate surface area is 151 Å². The third kappa shape index (κ3) is 3.23. The Morgan fingerprint density at radius 3 is 2.50 bits per heavy atom. The van der Waals surface area contributed by atoms with Crippen molar-refractivity contribution in [3.05, 3.63) is 60.7 Å². The van der Waals surface area contributed by atoms with Crippen LogP contribution in [0.1, 0.15) is 0 Å². The second kappa shape index (κ2) is 7.09. The first kappa shape index (κ1) is 16.5. The number of morpholine rings is 1. The van der Waals surface area contributed by atoms with Crippen LogP contribution in [-0.2, 0) is 4.74 Å². The molecule has 5 nitrogen and oxygen atoms in total. The van der Waals surface area contributed by atoms with E-state index in [9.17, 15) is 4.39 Å². The van der Waals surface area contributed by atoms with Gasteiger partial charge in [-0.05, 0) is 23.8 Å². The zero-order chi connectivity index (χ0) is 17.9. The normalized spacial score (nSPS) is 14.4. The predicted octanol–water partition coefficient (Wildman–Crippen LogP) is 3.37. The number of halogens is 1. The Hall–Kier alpha value is -2.99. The van der Waals surface area contributed by atoms with Crippen molar-refractivity contribution in [2.24, 2.45) is 0 Å². The molecule has 6 heteroatoms. The number of aromatic nitrogens is 2. The van der Waals surface area contributed by atoms with Crippen molar-refractivity contribution in [3.63, 3.8) is 0 Å². The highest BCUT2D eigenvalue weighted by Gasteiger charge is 2.16. The number of nitrogens with zero attached hydrogens (tertiary/aromatic N) is 3. The molecule has 0 spiro atoms. The lowest BCUT2D eigenvalue weighted by atomic mass is 10.00. The van der Waals surface area contributed by atoms with Crippen LogP contribution in [0.3, 0.4) is 0 Å². The molecule has 0 aliphatic carbocycles. The molecule has 1 aliphatic heterocycles. The highest BCUT2D eigenvalue weighted by atomic mass is 19.1. The van der Waals surface area contributed by atoms with Gasteiger partial charge in [0.05, 0.1) is 31.3 Å². The molecule has 2 N–H and O–H groups in total. The Bertz CT molecular complexity index is 908. The number of hydrogen-bond donors (Lipinski definition) is 1. The zero-order valence-corrected chi connectivity index (χ0v) is 14.2. The van der Waals surface area contributed by atoms with Crippen molar-refractivity contribution in [1.29, 1.82) is 0 Å². The van der Waals surface area contributed by atoms with Gasteiger partial charge in [0, 0.05) is 29.9 Å². The van der Waals surface area contributed by atoms with E-state index in [1.807, 2.05) is 24.3 Å². The molecule has 1 fully saturated rings. The second-order valence-corrected chi connectivity index (χ2v) is 6.14. The first-order valence-corrected chi connectivity index (χ1v) is 8.52. The van der Waals surface area contributed by atoms with Gasteiger partial charge in [-0.25, -0.2) is 9.37 Å². The number of nitrogen functional groups attached to an aromatic ring is 1. The second-order valence-electron chi connectivity index (χ2n) is 6.14. The van der Waals surface area contributed by atoms with E-state index in [0.717, 1.165) is 29.9 Å². The topological polar surface area (TPSA) is 64.3 Å². The zero-order valence-electron chi connectivity index (χ0n) is 14.2. The first-order valence-electron chi connectivity index (χ1n) is 8.52. The van der Waals surface area contributed by atoms with Crippen LogP contribution in [0.15, 0.2) is 54.9 Å². The molecule has 0 amide bonds. The SMILES string of the molecule is Nc1cnc(-c2ccc(-c3ccccc3N3CCOCC3)cc2F)cn1. The predicted molar refractivity (Wildman–Crippen MR) is 100 cm³/mol. The van der Waals surface area contributed by atoms with Crippen LogP contribution < -0.4 is 10.6 Å². The number of para-hydroxylation sites is 1. The number of anilines is 2. The van der Waals surface area contributed by atoms with Gasteiger partial charge in [-0.3, -0.25) is 4.98 Å². The standard InChI is InChI=1S/C20H19FN4O/c21-17-11-14(5-6-16(17)18-12-24-20(22)13-23-18)15-3-1-2-4-19(15)25-7-9-26-10-8-25/h1-6,11-13H,7-10H2,(H2,22,24). The number of nitrogens with two attached hydrogens (primary N) is 1. The maximum atomic E-state index is 14.8. The maximum absolute atomic E-state index is 14.8. The van der Waals surface area contributed by atoms with Gasteiger partial charge in [-0.1, -0.05) is 24.3 Å². The molecule has 132 valence electrons. The minimum atomic E-state index is -0.335. The van der Waals surface area contributed by atoms with Gasteiger partial charge in [-0.15, -0.1) is 0 Å². The molecule has 0 atom stereocenters. The lowest BCUT2D eigenvalue weighted by Crippen LogP contribution is -2.36. The van der Waals surface area contributed by atoms with E-state index < -0.39 is 0 Å². The summed E-state index contributed by atoms with van der Waals surface area (Å²) in [5.41, 5.74) is 9.35. The summed E-state index contributed by atoms with van der Waals surface area (Å²) >= 11 is 0. The third-order valence-corrected chi connectivity index (χ3v) is 4.48. The minimum absolute atomic E-state index is 0.310. The van der Waals surface area contributed by atoms with Crippen molar-refractivity contribution in [1.82, 2.24) is 9.97 Å². The van der Waals surface area contributed by atoms with Gasteiger partial charge in [0.2, 0.25) is 0 Å². The highest BCUT2D eigenvalue weighted by molar-refractivity contribution is 5.80. The monoisotopic (exact) mass is 350 g/mol. The summed E-state index contributed by atoms with van der Waals surface area (Å²) in [6.45, 7) is 3.08. The lowest BCUT2D eigenvalue weighted by molar-refractivity contribution is 0.123. The molecule has 0 bridgehead atoms. The van der Waals surface area contributed by atoms with Crippen molar-refractivity contribution in [2.75, 3.05) is 36.9 Å². The highest BCUT2D eigenvalue weighted by Crippen LogP contribution is 2.33. The molecule has 0 unspecified atom stereocenters. The van der Waals surface area contributed by atoms with E-state index in [4.69, 9.17) is 10.5 Å². The third-order valence-electron chi connectivity index (χ3n) is 4.48. The van der Waals surface area contributed by atoms with E-state index >= 15 is 0 Å². The number of ether oxygens (including phenoxy) is 1. The molecular weight excluding hydrogens is 331 g/mol. The van der Waals surface area contributed by atoms with E-state index in [-0.39, 0.29) is 5.82 Å². The molecule has 4 rings (SSSR count). The van der Waals surface area contributed by atoms with Crippen molar-refractivity contribution < 1.29 is 9.13 Å². The van der Waals surface area contributed by atoms with Gasteiger partial charge < -0.3 is 15.4 Å². The Kier molecular flexibility index (Phi) is 4.50. The van der Waals surface area contributed by atoms with Gasteiger partial charge >= 0.3 is 0 Å². The Balaban J connectivity index is 1.71. The van der Waals surface area contributed by atoms with E-state index in [1.54, 1.807) is 12.1 Å². The molecule has 1 saturated heterocycles. The van der Waals surface area contributed by atoms with Crippen LogP contribution in [0.4, 0.5) is 15.9 Å². The largest absolute Gasteiger partial charge is 0.382 e. The fourth-order valence-corrected chi connectivity index (χ4v) is 3.17. The summed E-state index contributed by atoms with van der Waals surface area (Å²) < 4.78 is 20.2. The Morgan fingerprint density at radius 1 is 0.962 bits per heavy atom. The van der Waals surface area contributed by atoms with Gasteiger partial charge in [0.15, 0.2) is 0 Å². The fraction of sp³-hybridized carbons (Fsp3) is 0.200. The molecule has 26 heavy (non-hydrogen) atoms. The number of rotatable bonds is 3. The van der Waals surface area contributed by atoms with Crippen LogP contribution in [0.25, 0.3) is 22.4 Å². The van der Waals surface area contributed by atoms with Crippen LogP contribution >= 0.6 is 0 Å². The van der Waals surface area contributed by atoms with Crippen LogP contribution in [0, 0.1) is 5.82 Å². The summed E-state index contributed by atoms with van der Waals surface area (Å²) in [4.78, 5) is 10.4. The van der Waals surface area contributed by atoms with Gasteiger partial charge in [0.25, 0.3) is 0 Å². The summed E-state index contributed by atoms with van der Waals surface area (Å²) in [5.74, 6) is -0.0245. The smallest absolute Gasteiger partial charge is 0.141 e. The van der Waals surface area contributed by atoms with E-state index in [0.29, 0.717) is 30.3 Å². The minimum Gasteiger partial charge on any atom is -0.382 e. The molecule has 2 aromatic carbocycles. The molecule has 2 heterocycles. The summed E-state index contributed by atoms with van der Waals surface area (Å²) in [6.07, 6.45) is 2.91. The van der Waals surface area contributed by atoms with Gasteiger partial charge in [-0.2, -0.15) is 0 Å². The average molecular weight is 350 g/mol. The van der Waals surface area contributed by atoms with Crippen molar-refractivity contribution in [2.45, 2.75) is 0 Å². The molecule has 3 aromatic rings. The average Bonchev–Trinajstić information content (AvgIpc) is 2.69. The van der Waals surface area contributed by atoms with Crippen LogP contribution in [0.2, 0.25) is 0 Å². The molecule has 0 saturated carbocycles. The van der Waals surface area contributed by atoms with E-state index in [1.165, 1.54) is 12.4 Å². The number of benzene rings is 2. The molecule has 1 aromatic heterocycles. The van der Waals surface area contributed by atoms with Crippen molar-refractivity contribution >= 4 is 11.5 Å². The summed E-state index contributed by atoms with van der Waals surface area (Å²) in [7, 11) is 0. The fourth-order valence-electron chi connectivity index (χ4n) is 3.17. The van der Waals surface area contributed by atoms with Crippen LogP contribution in [0.5, 0.6) is 0 Å².